The van der Waals surface area contributed by atoms with Gasteiger partial charge < -0.3 is 4.74 Å². The van der Waals surface area contributed by atoms with Crippen molar-refractivity contribution in [1.82, 2.24) is 0 Å². The average Bonchev–Trinajstić information content (AvgIpc) is 2.76. The second-order valence-electron chi connectivity index (χ2n) is 3.95. The Morgan fingerprint density at radius 3 is 2.76 bits per heavy atom. The molecule has 0 saturated carbocycles. The minimum atomic E-state index is 0.0192. The molecule has 2 aromatic rings. The van der Waals surface area contributed by atoms with Crippen LogP contribution in [0.25, 0.3) is 11.1 Å². The van der Waals surface area contributed by atoms with Gasteiger partial charge in [-0.15, -0.1) is 11.3 Å². The van der Waals surface area contributed by atoms with Crippen LogP contribution in [0.5, 0.6) is 0 Å². The summed E-state index contributed by atoms with van der Waals surface area (Å²) in [6.45, 7) is 2.18. The van der Waals surface area contributed by atoms with Crippen LogP contribution in [0.4, 0.5) is 0 Å². The third-order valence-corrected chi connectivity index (χ3v) is 5.08. The van der Waals surface area contributed by atoms with E-state index in [2.05, 4.69) is 22.0 Å². The second-order valence-corrected chi connectivity index (χ2v) is 7.14. The van der Waals surface area contributed by atoms with Crippen molar-refractivity contribution in [3.05, 3.63) is 42.5 Å². The van der Waals surface area contributed by atoms with E-state index < -0.39 is 0 Å². The standard InChI is InChI=1S/C14H9BrCl2N2OS/c1-2-20-14(19)12-11(9(6-18)13(15)21-12)8-4-3-7(16)5-10(8)17/h3-5,19H,2H2,1H3. The average molecular weight is 404 g/mol. The fourth-order valence-electron chi connectivity index (χ4n) is 1.82. The van der Waals surface area contributed by atoms with Gasteiger partial charge in [0.25, 0.3) is 0 Å². The summed E-state index contributed by atoms with van der Waals surface area (Å²) in [7, 11) is 0. The summed E-state index contributed by atoms with van der Waals surface area (Å²) >= 11 is 16.8. The van der Waals surface area contributed by atoms with E-state index in [9.17, 15) is 5.26 Å². The maximum absolute atomic E-state index is 9.38. The molecule has 21 heavy (non-hydrogen) atoms. The number of thiophene rings is 1. The molecule has 0 amide bonds. The number of benzene rings is 1. The number of nitriles is 1. The predicted molar refractivity (Wildman–Crippen MR) is 90.6 cm³/mol. The molecule has 2 rings (SSSR count). The first-order chi connectivity index (χ1) is 9.99. The van der Waals surface area contributed by atoms with Gasteiger partial charge in [-0.25, -0.2) is 0 Å². The molecule has 0 aliphatic rings. The predicted octanol–water partition coefficient (Wildman–Crippen LogP) is 5.72. The van der Waals surface area contributed by atoms with Crippen LogP contribution in [0.2, 0.25) is 10.0 Å². The normalized spacial score (nSPS) is 10.2. The summed E-state index contributed by atoms with van der Waals surface area (Å²) in [5.41, 5.74) is 1.68. The topological polar surface area (TPSA) is 56.9 Å². The van der Waals surface area contributed by atoms with Crippen molar-refractivity contribution in [3.63, 3.8) is 0 Å². The van der Waals surface area contributed by atoms with Gasteiger partial charge in [-0.1, -0.05) is 29.3 Å². The smallest absolute Gasteiger partial charge is 0.224 e. The Kier molecular flexibility index (Phi) is 5.28. The lowest BCUT2D eigenvalue weighted by Gasteiger charge is -2.09. The maximum atomic E-state index is 9.38. The number of rotatable bonds is 3. The van der Waals surface area contributed by atoms with Gasteiger partial charge in [0.05, 0.1) is 20.8 Å². The Balaban J connectivity index is 2.71. The highest BCUT2D eigenvalue weighted by atomic mass is 79.9. The third kappa shape index (κ3) is 3.24. The van der Waals surface area contributed by atoms with Crippen molar-refractivity contribution in [3.8, 4) is 17.2 Å². The van der Waals surface area contributed by atoms with E-state index in [4.69, 9.17) is 33.3 Å². The van der Waals surface area contributed by atoms with Crippen molar-refractivity contribution < 1.29 is 4.74 Å². The molecule has 0 spiro atoms. The van der Waals surface area contributed by atoms with Crippen molar-refractivity contribution in [2.75, 3.05) is 6.61 Å². The van der Waals surface area contributed by atoms with Gasteiger partial charge in [0.15, 0.2) is 0 Å². The van der Waals surface area contributed by atoms with Crippen LogP contribution < -0.4 is 0 Å². The van der Waals surface area contributed by atoms with Crippen LogP contribution in [-0.4, -0.2) is 12.5 Å². The molecule has 0 saturated heterocycles. The zero-order valence-electron chi connectivity index (χ0n) is 10.8. The molecular formula is C14H9BrCl2N2OS. The first-order valence-corrected chi connectivity index (χ1v) is 8.25. The highest BCUT2D eigenvalue weighted by molar-refractivity contribution is 9.11. The summed E-state index contributed by atoms with van der Waals surface area (Å²) in [6.07, 6.45) is 0. The first kappa shape index (κ1) is 16.3. The highest BCUT2D eigenvalue weighted by Crippen LogP contribution is 2.42. The zero-order valence-corrected chi connectivity index (χ0v) is 14.8. The van der Waals surface area contributed by atoms with Gasteiger partial charge in [0, 0.05) is 21.2 Å². The molecule has 0 unspecified atom stereocenters. The molecule has 108 valence electrons. The monoisotopic (exact) mass is 402 g/mol. The van der Waals surface area contributed by atoms with E-state index in [1.807, 2.05) is 0 Å². The molecule has 0 atom stereocenters. The van der Waals surface area contributed by atoms with Crippen LogP contribution in [-0.2, 0) is 4.74 Å². The van der Waals surface area contributed by atoms with Crippen molar-refractivity contribution in [1.29, 1.82) is 10.7 Å². The minimum Gasteiger partial charge on any atom is -0.477 e. The maximum Gasteiger partial charge on any atom is 0.224 e. The summed E-state index contributed by atoms with van der Waals surface area (Å²) in [5.74, 6) is 0.0192. The molecule has 1 aromatic heterocycles. The molecule has 0 aliphatic carbocycles. The Morgan fingerprint density at radius 2 is 2.19 bits per heavy atom. The van der Waals surface area contributed by atoms with Gasteiger partial charge in [-0.3, -0.25) is 5.41 Å². The number of nitrogens with zero attached hydrogens (tertiary/aromatic N) is 1. The third-order valence-electron chi connectivity index (χ3n) is 2.67. The molecule has 0 fully saturated rings. The highest BCUT2D eigenvalue weighted by Gasteiger charge is 2.23. The van der Waals surface area contributed by atoms with Crippen LogP contribution in [0.1, 0.15) is 17.4 Å². The van der Waals surface area contributed by atoms with Crippen molar-refractivity contribution in [2.24, 2.45) is 0 Å². The lowest BCUT2D eigenvalue weighted by atomic mass is 10.0. The largest absolute Gasteiger partial charge is 0.477 e. The summed E-state index contributed by atoms with van der Waals surface area (Å²) < 4.78 is 5.90. The molecule has 0 aliphatic heterocycles. The number of hydrogen-bond donors (Lipinski definition) is 1. The molecule has 0 bridgehead atoms. The number of hydrogen-bond acceptors (Lipinski definition) is 4. The number of halogens is 3. The Morgan fingerprint density at radius 1 is 1.48 bits per heavy atom. The van der Waals surface area contributed by atoms with Gasteiger partial charge >= 0.3 is 0 Å². The zero-order chi connectivity index (χ0) is 15.6. The molecule has 1 aromatic carbocycles. The van der Waals surface area contributed by atoms with E-state index >= 15 is 0 Å². The Bertz CT molecular complexity index is 752. The second kappa shape index (κ2) is 6.80. The lowest BCUT2D eigenvalue weighted by molar-refractivity contribution is 0.326. The molecule has 0 radical (unpaired) electrons. The molecule has 1 N–H and O–H groups in total. The fraction of sp³-hybridized carbons (Fsp3) is 0.143. The van der Waals surface area contributed by atoms with Crippen molar-refractivity contribution >= 4 is 56.4 Å². The van der Waals surface area contributed by atoms with E-state index in [0.29, 0.717) is 42.0 Å². The Hall–Kier alpha value is -1.06. The van der Waals surface area contributed by atoms with Crippen LogP contribution in [0.3, 0.4) is 0 Å². The van der Waals surface area contributed by atoms with Crippen LogP contribution in [0, 0.1) is 16.7 Å². The fourth-order valence-corrected chi connectivity index (χ4v) is 3.99. The van der Waals surface area contributed by atoms with Gasteiger partial charge in [-0.2, -0.15) is 5.26 Å². The molecular weight excluding hydrogens is 395 g/mol. The van der Waals surface area contributed by atoms with Gasteiger partial charge in [0.1, 0.15) is 6.07 Å². The van der Waals surface area contributed by atoms with Gasteiger partial charge in [-0.05, 0) is 35.0 Å². The SMILES string of the molecule is CCOC(=N)c1sc(Br)c(C#N)c1-c1ccc(Cl)cc1Cl. The summed E-state index contributed by atoms with van der Waals surface area (Å²) in [4.78, 5) is 0.560. The number of ether oxygens (including phenoxy) is 1. The van der Waals surface area contributed by atoms with Crippen molar-refractivity contribution in [2.45, 2.75) is 6.92 Å². The summed E-state index contributed by atoms with van der Waals surface area (Å²) in [5, 5.41) is 18.3. The molecule has 1 heterocycles. The lowest BCUT2D eigenvalue weighted by Crippen LogP contribution is -2.04. The van der Waals surface area contributed by atoms with Gasteiger partial charge in [0.2, 0.25) is 5.90 Å². The Labute approximate surface area is 144 Å². The molecule has 3 nitrogen and oxygen atoms in total. The summed E-state index contributed by atoms with van der Waals surface area (Å²) in [6, 6.07) is 7.19. The first-order valence-electron chi connectivity index (χ1n) is 5.89. The van der Waals surface area contributed by atoms with Crippen LogP contribution in [0.15, 0.2) is 22.0 Å². The van der Waals surface area contributed by atoms with E-state index in [-0.39, 0.29) is 5.90 Å². The minimum absolute atomic E-state index is 0.0192. The van der Waals surface area contributed by atoms with E-state index in [0.717, 1.165) is 0 Å². The molecule has 7 heteroatoms. The number of nitrogens with one attached hydrogen (secondary N) is 1. The van der Waals surface area contributed by atoms with Crippen LogP contribution >= 0.6 is 50.5 Å². The quantitative estimate of drug-likeness (QED) is 0.526. The van der Waals surface area contributed by atoms with E-state index in [1.54, 1.807) is 25.1 Å². The van der Waals surface area contributed by atoms with E-state index in [1.165, 1.54) is 11.3 Å².